The van der Waals surface area contributed by atoms with Gasteiger partial charge in [-0.05, 0) is 76.1 Å². The molecule has 0 radical (unpaired) electrons. The third-order valence-corrected chi connectivity index (χ3v) is 5.75. The van der Waals surface area contributed by atoms with Gasteiger partial charge >= 0.3 is 0 Å². The number of amides is 2. The third-order valence-electron chi connectivity index (χ3n) is 5.75. The van der Waals surface area contributed by atoms with E-state index in [0.717, 1.165) is 38.4 Å². The van der Waals surface area contributed by atoms with Gasteiger partial charge in [0.1, 0.15) is 0 Å². The number of hydrogen-bond acceptors (Lipinski definition) is 5. The van der Waals surface area contributed by atoms with Crippen molar-refractivity contribution in [3.63, 3.8) is 0 Å². The Morgan fingerprint density at radius 1 is 1.21 bits per heavy atom. The van der Waals surface area contributed by atoms with Crippen LogP contribution in [0.25, 0.3) is 0 Å². The normalized spacial score (nSPS) is 17.3. The molecule has 0 spiro atoms. The van der Waals surface area contributed by atoms with Gasteiger partial charge in [0.15, 0.2) is 5.82 Å². The Labute approximate surface area is 171 Å². The van der Waals surface area contributed by atoms with Gasteiger partial charge in [-0.2, -0.15) is 0 Å². The maximum atomic E-state index is 13.4. The van der Waals surface area contributed by atoms with Crippen molar-refractivity contribution in [3.05, 3.63) is 48.2 Å². The van der Waals surface area contributed by atoms with Crippen molar-refractivity contribution in [2.45, 2.75) is 19.3 Å². The summed E-state index contributed by atoms with van der Waals surface area (Å²) in [4.78, 5) is 34.3. The van der Waals surface area contributed by atoms with E-state index in [1.165, 1.54) is 6.42 Å². The summed E-state index contributed by atoms with van der Waals surface area (Å²) in [5.41, 5.74) is 1.61. The van der Waals surface area contributed by atoms with E-state index < -0.39 is 0 Å². The molecule has 2 aliphatic rings. The number of carbonyl (C=O) groups excluding carboxylic acids is 2. The van der Waals surface area contributed by atoms with Crippen LogP contribution in [-0.4, -0.2) is 54.9 Å². The zero-order chi connectivity index (χ0) is 20.2. The zero-order valence-corrected chi connectivity index (χ0v) is 16.7. The largest absolute Gasteiger partial charge is 0.320 e. The third kappa shape index (κ3) is 4.16. The van der Waals surface area contributed by atoms with Crippen LogP contribution in [0.4, 0.5) is 17.2 Å². The number of nitrogens with zero attached hydrogens (tertiary/aromatic N) is 3. The first-order valence-electron chi connectivity index (χ1n) is 10.2. The second kappa shape index (κ2) is 8.71. The highest BCUT2D eigenvalue weighted by atomic mass is 16.2. The van der Waals surface area contributed by atoms with Gasteiger partial charge in [0, 0.05) is 6.20 Å². The first kappa shape index (κ1) is 19.5. The number of aromatic nitrogens is 1. The molecule has 2 aromatic rings. The molecule has 3 heterocycles. The molecule has 0 unspecified atom stereocenters. The fourth-order valence-corrected chi connectivity index (χ4v) is 4.13. The monoisotopic (exact) mass is 393 g/mol. The number of para-hydroxylation sites is 1. The van der Waals surface area contributed by atoms with E-state index in [1.807, 2.05) is 13.1 Å². The van der Waals surface area contributed by atoms with Gasteiger partial charge in [0.05, 0.1) is 23.5 Å². The highest BCUT2D eigenvalue weighted by molar-refractivity contribution is 6.17. The number of pyridine rings is 1. The molecule has 1 aromatic carbocycles. The molecule has 2 N–H and O–H groups in total. The Hall–Kier alpha value is -2.77. The van der Waals surface area contributed by atoms with Crippen LogP contribution >= 0.6 is 0 Å². The molecule has 0 atom stereocenters. The zero-order valence-electron chi connectivity index (χ0n) is 16.7. The lowest BCUT2D eigenvalue weighted by Crippen LogP contribution is -2.42. The molecule has 7 heteroatoms. The molecule has 1 saturated heterocycles. The van der Waals surface area contributed by atoms with Gasteiger partial charge in [-0.1, -0.05) is 12.1 Å². The van der Waals surface area contributed by atoms with Crippen molar-refractivity contribution >= 4 is 29.0 Å². The highest BCUT2D eigenvalue weighted by Gasteiger charge is 2.31. The van der Waals surface area contributed by atoms with E-state index in [2.05, 4.69) is 20.5 Å². The molecular weight excluding hydrogens is 366 g/mol. The predicted molar refractivity (Wildman–Crippen MR) is 113 cm³/mol. The van der Waals surface area contributed by atoms with Crippen molar-refractivity contribution in [1.82, 2.24) is 15.2 Å². The summed E-state index contributed by atoms with van der Waals surface area (Å²) in [5, 5.41) is 6.09. The number of carbonyl (C=O) groups is 2. The van der Waals surface area contributed by atoms with Crippen molar-refractivity contribution in [2.24, 2.45) is 5.92 Å². The number of rotatable bonds is 5. The van der Waals surface area contributed by atoms with Crippen LogP contribution < -0.4 is 15.5 Å². The van der Waals surface area contributed by atoms with Crippen molar-refractivity contribution in [1.29, 1.82) is 0 Å². The Balaban J connectivity index is 1.55. The van der Waals surface area contributed by atoms with Crippen LogP contribution in [0.3, 0.4) is 0 Å². The highest BCUT2D eigenvalue weighted by Crippen LogP contribution is 2.36. The molecule has 1 aromatic heterocycles. The fourth-order valence-electron chi connectivity index (χ4n) is 4.13. The SMILES string of the molecule is CNCCC1CCN(CC(=O)N2c3ccccc3C(=O)Nc3cccnc32)CC1. The van der Waals surface area contributed by atoms with E-state index in [-0.39, 0.29) is 11.8 Å². The van der Waals surface area contributed by atoms with Gasteiger partial charge in [-0.3, -0.25) is 19.4 Å². The molecule has 0 bridgehead atoms. The van der Waals surface area contributed by atoms with E-state index in [0.29, 0.717) is 29.3 Å². The second-order valence-electron chi connectivity index (χ2n) is 7.69. The number of anilines is 3. The quantitative estimate of drug-likeness (QED) is 0.817. The number of likely N-dealkylation sites (tertiary alicyclic amines) is 1. The van der Waals surface area contributed by atoms with Crippen molar-refractivity contribution < 1.29 is 9.59 Å². The van der Waals surface area contributed by atoms with E-state index in [4.69, 9.17) is 0 Å². The molecule has 2 aliphatic heterocycles. The average Bonchev–Trinajstić information content (AvgIpc) is 2.87. The number of fused-ring (bicyclic) bond motifs is 2. The van der Waals surface area contributed by atoms with E-state index >= 15 is 0 Å². The summed E-state index contributed by atoms with van der Waals surface area (Å²) in [6.07, 6.45) is 5.05. The molecule has 1 fully saturated rings. The van der Waals surface area contributed by atoms with Crippen LogP contribution in [0.1, 0.15) is 29.6 Å². The molecule has 152 valence electrons. The summed E-state index contributed by atoms with van der Waals surface area (Å²) in [7, 11) is 1.98. The molecule has 4 rings (SSSR count). The summed E-state index contributed by atoms with van der Waals surface area (Å²) >= 11 is 0. The smallest absolute Gasteiger partial charge is 0.257 e. The molecule has 7 nitrogen and oxygen atoms in total. The first-order valence-corrected chi connectivity index (χ1v) is 10.2. The predicted octanol–water partition coefficient (Wildman–Crippen LogP) is 2.63. The second-order valence-corrected chi connectivity index (χ2v) is 7.69. The number of nitrogens with one attached hydrogen (secondary N) is 2. The molecule has 0 saturated carbocycles. The van der Waals surface area contributed by atoms with E-state index in [1.54, 1.807) is 41.4 Å². The molecule has 29 heavy (non-hydrogen) atoms. The minimum absolute atomic E-state index is 0.0671. The van der Waals surface area contributed by atoms with Gasteiger partial charge in [-0.25, -0.2) is 4.98 Å². The van der Waals surface area contributed by atoms with Gasteiger partial charge < -0.3 is 10.6 Å². The van der Waals surface area contributed by atoms with Gasteiger partial charge in [-0.15, -0.1) is 0 Å². The van der Waals surface area contributed by atoms with Crippen LogP contribution in [0, 0.1) is 5.92 Å². The van der Waals surface area contributed by atoms with Gasteiger partial charge in [0.2, 0.25) is 5.91 Å². The lowest BCUT2D eigenvalue weighted by Gasteiger charge is -2.33. The van der Waals surface area contributed by atoms with Crippen LogP contribution in [0.5, 0.6) is 0 Å². The topological polar surface area (TPSA) is 77.6 Å². The number of benzene rings is 1. The molecule has 2 amide bonds. The number of piperidine rings is 1. The first-order chi connectivity index (χ1) is 14.2. The summed E-state index contributed by atoms with van der Waals surface area (Å²) in [6, 6.07) is 10.7. The maximum Gasteiger partial charge on any atom is 0.257 e. The Bertz CT molecular complexity index is 892. The van der Waals surface area contributed by atoms with Crippen molar-refractivity contribution in [3.8, 4) is 0 Å². The Kier molecular flexibility index (Phi) is 5.87. The van der Waals surface area contributed by atoms with Crippen LogP contribution in [-0.2, 0) is 4.79 Å². The fraction of sp³-hybridized carbons (Fsp3) is 0.409. The lowest BCUT2D eigenvalue weighted by atomic mass is 9.93. The molecular formula is C22H27N5O2. The van der Waals surface area contributed by atoms with E-state index in [9.17, 15) is 9.59 Å². The number of hydrogen-bond donors (Lipinski definition) is 2. The average molecular weight is 393 g/mol. The van der Waals surface area contributed by atoms with Crippen molar-refractivity contribution in [2.75, 3.05) is 43.4 Å². The van der Waals surface area contributed by atoms with Gasteiger partial charge in [0.25, 0.3) is 5.91 Å². The Morgan fingerprint density at radius 2 is 2.00 bits per heavy atom. The molecule has 0 aliphatic carbocycles. The minimum Gasteiger partial charge on any atom is -0.320 e. The summed E-state index contributed by atoms with van der Waals surface area (Å²) in [6.45, 7) is 3.19. The summed E-state index contributed by atoms with van der Waals surface area (Å²) in [5.74, 6) is 0.898. The van der Waals surface area contributed by atoms with Crippen LogP contribution in [0.2, 0.25) is 0 Å². The minimum atomic E-state index is -0.226. The lowest BCUT2D eigenvalue weighted by molar-refractivity contribution is -0.119. The summed E-state index contributed by atoms with van der Waals surface area (Å²) < 4.78 is 0. The Morgan fingerprint density at radius 3 is 2.79 bits per heavy atom. The standard InChI is InChI=1S/C22H27N5O2/c1-23-12-8-16-9-13-26(14-10-16)15-20(28)27-19-7-3-2-5-17(19)22(29)25-18-6-4-11-24-21(18)27/h2-7,11,16,23H,8-10,12-15H2,1H3,(H,25,29). The maximum absolute atomic E-state index is 13.4. The van der Waals surface area contributed by atoms with Crippen LogP contribution in [0.15, 0.2) is 42.6 Å².